The van der Waals surface area contributed by atoms with E-state index < -0.39 is 0 Å². The zero-order chi connectivity index (χ0) is 16.2. The van der Waals surface area contributed by atoms with Gasteiger partial charge in [-0.25, -0.2) is 0 Å². The molecule has 3 rings (SSSR count). The average molecular weight is 315 g/mol. The van der Waals surface area contributed by atoms with Crippen molar-refractivity contribution in [1.82, 2.24) is 4.90 Å². The van der Waals surface area contributed by atoms with E-state index in [1.165, 1.54) is 31.7 Å². The van der Waals surface area contributed by atoms with Gasteiger partial charge in [0.05, 0.1) is 12.0 Å². The summed E-state index contributed by atoms with van der Waals surface area (Å²) < 4.78 is 5.21. The lowest BCUT2D eigenvalue weighted by atomic mass is 10.2. The van der Waals surface area contributed by atoms with E-state index in [1.807, 2.05) is 23.4 Å². The molecule has 0 aromatic heterocycles. The minimum absolute atomic E-state index is 0.0816. The zero-order valence-corrected chi connectivity index (χ0v) is 13.2. The van der Waals surface area contributed by atoms with Crippen LogP contribution in [-0.4, -0.2) is 29.5 Å². The summed E-state index contributed by atoms with van der Waals surface area (Å²) in [6.45, 7) is 0.591. The van der Waals surface area contributed by atoms with Gasteiger partial charge >= 0.3 is 0 Å². The van der Waals surface area contributed by atoms with E-state index in [1.54, 1.807) is 19.2 Å². The van der Waals surface area contributed by atoms with E-state index in [-0.39, 0.29) is 10.6 Å². The van der Waals surface area contributed by atoms with E-state index in [0.29, 0.717) is 24.0 Å². The maximum Gasteiger partial charge on any atom is 0.293 e. The lowest BCUT2D eigenvalue weighted by molar-refractivity contribution is -0.384. The van der Waals surface area contributed by atoms with Crippen LogP contribution in [0.5, 0.6) is 5.75 Å². The van der Waals surface area contributed by atoms with Gasteiger partial charge in [-0.1, -0.05) is 12.8 Å². The number of benzene rings is 1. The molecule has 1 fully saturated rings. The molecule has 1 aromatic rings. The molecule has 6 heteroatoms. The van der Waals surface area contributed by atoms with E-state index >= 15 is 0 Å². The molecule has 23 heavy (non-hydrogen) atoms. The fourth-order valence-electron chi connectivity index (χ4n) is 3.19. The molecule has 1 aliphatic heterocycles. The maximum atomic E-state index is 11.3. The first kappa shape index (κ1) is 15.4. The minimum Gasteiger partial charge on any atom is -0.497 e. The predicted octanol–water partition coefficient (Wildman–Crippen LogP) is 3.65. The predicted molar refractivity (Wildman–Crippen MR) is 89.4 cm³/mol. The molecule has 122 valence electrons. The van der Waals surface area contributed by atoms with Gasteiger partial charge < -0.3 is 14.5 Å². The number of nitro groups is 1. The van der Waals surface area contributed by atoms with Crippen molar-refractivity contribution in [1.29, 1.82) is 0 Å². The third kappa shape index (κ3) is 3.31. The summed E-state index contributed by atoms with van der Waals surface area (Å²) in [5.74, 6) is 0.611. The first-order valence-corrected chi connectivity index (χ1v) is 7.90. The van der Waals surface area contributed by atoms with Crippen molar-refractivity contribution in [2.75, 3.05) is 18.6 Å². The van der Waals surface area contributed by atoms with Gasteiger partial charge in [0.25, 0.3) is 5.69 Å². The SMILES string of the molecule is COc1ccc([N+](=O)[O-])c(N2C=CN(C3CCCC3)C=CC2)c1. The number of methoxy groups -OCH3 is 1. The molecule has 0 amide bonds. The second-order valence-electron chi connectivity index (χ2n) is 5.83. The highest BCUT2D eigenvalue weighted by atomic mass is 16.6. The van der Waals surface area contributed by atoms with Crippen molar-refractivity contribution in [3.63, 3.8) is 0 Å². The molecule has 0 unspecified atom stereocenters. The third-order valence-electron chi connectivity index (χ3n) is 4.43. The van der Waals surface area contributed by atoms with E-state index in [9.17, 15) is 10.1 Å². The summed E-state index contributed by atoms with van der Waals surface area (Å²) in [6, 6.07) is 5.36. The lowest BCUT2D eigenvalue weighted by Gasteiger charge is -2.22. The van der Waals surface area contributed by atoms with Crippen LogP contribution >= 0.6 is 0 Å². The molecule has 2 aliphatic rings. The third-order valence-corrected chi connectivity index (χ3v) is 4.43. The van der Waals surface area contributed by atoms with E-state index in [0.717, 1.165) is 0 Å². The minimum atomic E-state index is -0.355. The summed E-state index contributed by atoms with van der Waals surface area (Å²) >= 11 is 0. The second kappa shape index (κ2) is 6.73. The van der Waals surface area contributed by atoms with Crippen LogP contribution in [0.3, 0.4) is 0 Å². The molecule has 0 N–H and O–H groups in total. The highest BCUT2D eigenvalue weighted by molar-refractivity contribution is 5.67. The van der Waals surface area contributed by atoms with Crippen LogP contribution in [-0.2, 0) is 0 Å². The van der Waals surface area contributed by atoms with Crippen LogP contribution in [0.1, 0.15) is 25.7 Å². The first-order chi connectivity index (χ1) is 11.2. The van der Waals surface area contributed by atoms with Crippen LogP contribution in [0.15, 0.2) is 42.9 Å². The van der Waals surface area contributed by atoms with E-state index in [4.69, 9.17) is 4.74 Å². The van der Waals surface area contributed by atoms with Crippen LogP contribution < -0.4 is 9.64 Å². The Morgan fingerprint density at radius 2 is 2.00 bits per heavy atom. The molecular weight excluding hydrogens is 294 g/mol. The van der Waals surface area contributed by atoms with Crippen LogP contribution in [0.2, 0.25) is 0 Å². The highest BCUT2D eigenvalue weighted by Crippen LogP contribution is 2.33. The topological polar surface area (TPSA) is 58.9 Å². The molecule has 1 aliphatic carbocycles. The molecule has 1 aromatic carbocycles. The summed E-state index contributed by atoms with van der Waals surface area (Å²) in [4.78, 5) is 15.1. The van der Waals surface area contributed by atoms with Gasteiger partial charge in [-0.3, -0.25) is 10.1 Å². The summed E-state index contributed by atoms with van der Waals surface area (Å²) in [7, 11) is 1.56. The molecule has 1 heterocycles. The first-order valence-electron chi connectivity index (χ1n) is 7.90. The number of hydrogen-bond donors (Lipinski definition) is 0. The van der Waals surface area contributed by atoms with Gasteiger partial charge in [0, 0.05) is 43.3 Å². The average Bonchev–Trinajstić information content (AvgIpc) is 2.99. The number of rotatable bonds is 4. The molecule has 0 radical (unpaired) electrons. The smallest absolute Gasteiger partial charge is 0.293 e. The zero-order valence-electron chi connectivity index (χ0n) is 13.2. The normalized spacial score (nSPS) is 18.3. The van der Waals surface area contributed by atoms with E-state index in [2.05, 4.69) is 11.1 Å². The standard InChI is InChI=1S/C17H21N3O3/c1-23-15-7-8-16(20(21)22)17(13-15)19-10-4-9-18(11-12-19)14-5-2-3-6-14/h4,7-9,11-14H,2-3,5-6,10H2,1H3. The van der Waals surface area contributed by atoms with Crippen molar-refractivity contribution in [3.8, 4) is 5.75 Å². The fourth-order valence-corrected chi connectivity index (χ4v) is 3.19. The largest absolute Gasteiger partial charge is 0.497 e. The number of anilines is 1. The molecule has 0 spiro atoms. The van der Waals surface area contributed by atoms with Crippen molar-refractivity contribution in [3.05, 3.63) is 53.0 Å². The van der Waals surface area contributed by atoms with Gasteiger partial charge in [-0.05, 0) is 25.0 Å². The quantitative estimate of drug-likeness (QED) is 0.627. The lowest BCUT2D eigenvalue weighted by Crippen LogP contribution is -2.22. The van der Waals surface area contributed by atoms with Gasteiger partial charge in [0.2, 0.25) is 0 Å². The number of ether oxygens (including phenoxy) is 1. The highest BCUT2D eigenvalue weighted by Gasteiger charge is 2.22. The van der Waals surface area contributed by atoms with Gasteiger partial charge in [-0.2, -0.15) is 0 Å². The van der Waals surface area contributed by atoms with Gasteiger partial charge in [-0.15, -0.1) is 0 Å². The molecule has 0 bridgehead atoms. The Morgan fingerprint density at radius 1 is 1.22 bits per heavy atom. The van der Waals surface area contributed by atoms with Crippen LogP contribution in [0.4, 0.5) is 11.4 Å². The maximum absolute atomic E-state index is 11.3. The number of hydrogen-bond acceptors (Lipinski definition) is 5. The molecule has 1 saturated carbocycles. The van der Waals surface area contributed by atoms with Crippen molar-refractivity contribution < 1.29 is 9.66 Å². The van der Waals surface area contributed by atoms with Gasteiger partial charge in [0.15, 0.2) is 0 Å². The summed E-state index contributed by atoms with van der Waals surface area (Å²) in [5, 5.41) is 11.3. The Balaban J connectivity index is 1.88. The van der Waals surface area contributed by atoms with Crippen molar-refractivity contribution in [2.24, 2.45) is 0 Å². The summed E-state index contributed by atoms with van der Waals surface area (Å²) in [5.41, 5.74) is 0.627. The second-order valence-corrected chi connectivity index (χ2v) is 5.83. The molecular formula is C17H21N3O3. The Labute approximate surface area is 135 Å². The molecule has 6 nitrogen and oxygen atoms in total. The van der Waals surface area contributed by atoms with Crippen LogP contribution in [0.25, 0.3) is 0 Å². The van der Waals surface area contributed by atoms with Crippen LogP contribution in [0, 0.1) is 10.1 Å². The number of nitrogens with zero attached hydrogens (tertiary/aromatic N) is 3. The monoisotopic (exact) mass is 315 g/mol. The van der Waals surface area contributed by atoms with Crippen molar-refractivity contribution in [2.45, 2.75) is 31.7 Å². The molecule has 0 saturated heterocycles. The number of nitro benzene ring substituents is 1. The van der Waals surface area contributed by atoms with Crippen molar-refractivity contribution >= 4 is 11.4 Å². The van der Waals surface area contributed by atoms with Gasteiger partial charge in [0.1, 0.15) is 11.4 Å². The fraction of sp³-hybridized carbons (Fsp3) is 0.412. The Morgan fingerprint density at radius 3 is 2.70 bits per heavy atom. The Kier molecular flexibility index (Phi) is 4.50. The molecule has 0 atom stereocenters. The Hall–Kier alpha value is -2.50. The summed E-state index contributed by atoms with van der Waals surface area (Å²) in [6.07, 6.45) is 13.0. The Bertz CT molecular complexity index is 636.